The van der Waals surface area contributed by atoms with E-state index in [2.05, 4.69) is 17.0 Å². The second kappa shape index (κ2) is 8.96. The van der Waals surface area contributed by atoms with E-state index in [1.165, 1.54) is 9.87 Å². The maximum atomic E-state index is 13.1. The van der Waals surface area contributed by atoms with Crippen LogP contribution in [0, 0.1) is 0 Å². The highest BCUT2D eigenvalue weighted by atomic mass is 35.5. The minimum Gasteiger partial charge on any atom is -0.336 e. The maximum Gasteiger partial charge on any atom is 0.254 e. The van der Waals surface area contributed by atoms with Gasteiger partial charge in [-0.1, -0.05) is 41.9 Å². The predicted octanol–water partition coefficient (Wildman–Crippen LogP) is 3.23. The molecule has 0 unspecified atom stereocenters. The molecule has 30 heavy (non-hydrogen) atoms. The Kier molecular flexibility index (Phi) is 6.32. The van der Waals surface area contributed by atoms with Crippen molar-refractivity contribution >= 4 is 33.2 Å². The Morgan fingerprint density at radius 2 is 1.67 bits per heavy atom. The van der Waals surface area contributed by atoms with Crippen molar-refractivity contribution in [2.45, 2.75) is 19.4 Å². The van der Waals surface area contributed by atoms with Crippen LogP contribution in [-0.2, 0) is 16.6 Å². The van der Waals surface area contributed by atoms with Gasteiger partial charge in [-0.2, -0.15) is 0 Å². The number of benzene rings is 2. The molecule has 2 heterocycles. The molecule has 0 bridgehead atoms. The predicted molar refractivity (Wildman–Crippen MR) is 119 cm³/mol. The lowest BCUT2D eigenvalue weighted by Gasteiger charge is -2.35. The molecule has 0 atom stereocenters. The van der Waals surface area contributed by atoms with Crippen molar-refractivity contribution in [2.24, 2.45) is 0 Å². The quantitative estimate of drug-likeness (QED) is 0.722. The van der Waals surface area contributed by atoms with Gasteiger partial charge in [-0.05, 0) is 36.6 Å². The Morgan fingerprint density at radius 1 is 0.933 bits per heavy atom. The van der Waals surface area contributed by atoms with Crippen molar-refractivity contribution in [1.29, 1.82) is 0 Å². The number of halogens is 1. The van der Waals surface area contributed by atoms with Gasteiger partial charge in [-0.3, -0.25) is 14.0 Å². The molecule has 2 saturated heterocycles. The molecule has 1 amide bonds. The lowest BCUT2D eigenvalue weighted by atomic mass is 10.1. The summed E-state index contributed by atoms with van der Waals surface area (Å²) in [7, 11) is -3.39. The lowest BCUT2D eigenvalue weighted by molar-refractivity contribution is 0.0628. The van der Waals surface area contributed by atoms with Gasteiger partial charge < -0.3 is 4.90 Å². The van der Waals surface area contributed by atoms with E-state index >= 15 is 0 Å². The van der Waals surface area contributed by atoms with E-state index in [0.29, 0.717) is 42.3 Å². The highest BCUT2D eigenvalue weighted by Crippen LogP contribution is 2.32. The standard InChI is InChI=1S/C22H26ClN3O3S/c23-20-9-8-19(16-21(20)26-10-4-5-15-30(26,28)29)22(27)25-13-11-24(12-14-25)17-18-6-2-1-3-7-18/h1-3,6-9,16H,4-5,10-15,17H2. The van der Waals surface area contributed by atoms with Crippen LogP contribution in [0.3, 0.4) is 0 Å². The zero-order valence-electron chi connectivity index (χ0n) is 16.8. The topological polar surface area (TPSA) is 60.9 Å². The van der Waals surface area contributed by atoms with E-state index in [1.54, 1.807) is 18.2 Å². The van der Waals surface area contributed by atoms with Crippen LogP contribution < -0.4 is 4.31 Å². The van der Waals surface area contributed by atoms with E-state index in [1.807, 2.05) is 23.1 Å². The molecule has 4 rings (SSSR count). The second-order valence-corrected chi connectivity index (χ2v) is 10.2. The summed E-state index contributed by atoms with van der Waals surface area (Å²) in [4.78, 5) is 17.2. The van der Waals surface area contributed by atoms with Crippen LogP contribution >= 0.6 is 11.6 Å². The van der Waals surface area contributed by atoms with Gasteiger partial charge in [0.1, 0.15) is 0 Å². The first-order valence-corrected chi connectivity index (χ1v) is 12.3. The number of amides is 1. The van der Waals surface area contributed by atoms with Crippen LogP contribution in [0.15, 0.2) is 48.5 Å². The second-order valence-electron chi connectivity index (χ2n) is 7.82. The molecule has 2 aliphatic heterocycles. The molecular formula is C22H26ClN3O3S. The number of hydrogen-bond donors (Lipinski definition) is 0. The third-order valence-corrected chi connectivity index (χ3v) is 7.89. The van der Waals surface area contributed by atoms with Crippen molar-refractivity contribution in [3.05, 3.63) is 64.7 Å². The minimum atomic E-state index is -3.39. The van der Waals surface area contributed by atoms with Crippen LogP contribution in [0.4, 0.5) is 5.69 Å². The largest absolute Gasteiger partial charge is 0.336 e. The minimum absolute atomic E-state index is 0.0818. The number of carbonyl (C=O) groups excluding carboxylic acids is 1. The average Bonchev–Trinajstić information content (AvgIpc) is 2.75. The molecule has 0 spiro atoms. The number of carbonyl (C=O) groups is 1. The molecule has 0 radical (unpaired) electrons. The third kappa shape index (κ3) is 4.63. The van der Waals surface area contributed by atoms with Crippen LogP contribution in [0.1, 0.15) is 28.8 Å². The molecule has 0 aliphatic carbocycles. The Balaban J connectivity index is 1.44. The summed E-state index contributed by atoms with van der Waals surface area (Å²) in [6, 6.07) is 15.2. The van der Waals surface area contributed by atoms with Gasteiger partial charge in [0.05, 0.1) is 16.5 Å². The summed E-state index contributed by atoms with van der Waals surface area (Å²) in [6.45, 7) is 4.18. The van der Waals surface area contributed by atoms with E-state index in [0.717, 1.165) is 26.1 Å². The third-order valence-electron chi connectivity index (χ3n) is 5.72. The van der Waals surface area contributed by atoms with Crippen molar-refractivity contribution in [2.75, 3.05) is 42.8 Å². The van der Waals surface area contributed by atoms with Gasteiger partial charge in [0.25, 0.3) is 5.91 Å². The normalized spacial score (nSPS) is 19.6. The first-order chi connectivity index (χ1) is 14.4. The molecule has 0 saturated carbocycles. The zero-order valence-corrected chi connectivity index (χ0v) is 18.4. The number of rotatable bonds is 4. The van der Waals surface area contributed by atoms with Crippen molar-refractivity contribution in [3.8, 4) is 0 Å². The SMILES string of the molecule is O=C(c1ccc(Cl)c(N2CCCCS2(=O)=O)c1)N1CCN(Cc2ccccc2)CC1. The summed E-state index contributed by atoms with van der Waals surface area (Å²) in [5, 5.41) is 0.352. The monoisotopic (exact) mass is 447 g/mol. The molecule has 2 aliphatic rings. The molecule has 2 fully saturated rings. The fraction of sp³-hybridized carbons (Fsp3) is 0.409. The van der Waals surface area contributed by atoms with Crippen molar-refractivity contribution < 1.29 is 13.2 Å². The molecule has 2 aromatic carbocycles. The summed E-state index contributed by atoms with van der Waals surface area (Å²) in [6.07, 6.45) is 1.44. The van der Waals surface area contributed by atoms with Gasteiger partial charge in [-0.15, -0.1) is 0 Å². The Labute approximate surface area is 183 Å². The smallest absolute Gasteiger partial charge is 0.254 e. The Morgan fingerprint density at radius 3 is 2.37 bits per heavy atom. The number of sulfonamides is 1. The molecule has 160 valence electrons. The molecule has 0 N–H and O–H groups in total. The number of anilines is 1. The highest BCUT2D eigenvalue weighted by molar-refractivity contribution is 7.92. The van der Waals surface area contributed by atoms with E-state index < -0.39 is 10.0 Å². The number of nitrogens with zero attached hydrogens (tertiary/aromatic N) is 3. The summed E-state index contributed by atoms with van der Waals surface area (Å²) >= 11 is 6.31. The average molecular weight is 448 g/mol. The van der Waals surface area contributed by atoms with Gasteiger partial charge in [0.2, 0.25) is 10.0 Å². The van der Waals surface area contributed by atoms with Gasteiger partial charge >= 0.3 is 0 Å². The number of hydrogen-bond acceptors (Lipinski definition) is 4. The van der Waals surface area contributed by atoms with Crippen molar-refractivity contribution in [3.63, 3.8) is 0 Å². The highest BCUT2D eigenvalue weighted by Gasteiger charge is 2.29. The summed E-state index contributed by atoms with van der Waals surface area (Å²) in [5.41, 5.74) is 2.15. The molecule has 6 nitrogen and oxygen atoms in total. The molecule has 2 aromatic rings. The van der Waals surface area contributed by atoms with E-state index in [9.17, 15) is 13.2 Å². The number of piperazine rings is 1. The Bertz CT molecular complexity index is 1010. The lowest BCUT2D eigenvalue weighted by Crippen LogP contribution is -2.48. The van der Waals surface area contributed by atoms with Crippen molar-refractivity contribution in [1.82, 2.24) is 9.80 Å². The van der Waals surface area contributed by atoms with Crippen LogP contribution in [0.25, 0.3) is 0 Å². The summed E-state index contributed by atoms with van der Waals surface area (Å²) in [5.74, 6) is 0.0342. The van der Waals surface area contributed by atoms with E-state index in [-0.39, 0.29) is 11.7 Å². The van der Waals surface area contributed by atoms with E-state index in [4.69, 9.17) is 11.6 Å². The fourth-order valence-corrected chi connectivity index (χ4v) is 5.95. The molecule has 8 heteroatoms. The summed E-state index contributed by atoms with van der Waals surface area (Å²) < 4.78 is 26.3. The molecular weight excluding hydrogens is 422 g/mol. The van der Waals surface area contributed by atoms with Gasteiger partial charge in [0, 0.05) is 44.8 Å². The zero-order chi connectivity index (χ0) is 21.1. The maximum absolute atomic E-state index is 13.1. The van der Waals surface area contributed by atoms with Crippen LogP contribution in [0.5, 0.6) is 0 Å². The first-order valence-electron chi connectivity index (χ1n) is 10.3. The van der Waals surface area contributed by atoms with Gasteiger partial charge in [-0.25, -0.2) is 8.42 Å². The fourth-order valence-electron chi connectivity index (χ4n) is 4.03. The molecule has 0 aromatic heterocycles. The van der Waals surface area contributed by atoms with Gasteiger partial charge in [0.15, 0.2) is 0 Å². The van der Waals surface area contributed by atoms with Crippen LogP contribution in [-0.4, -0.2) is 62.6 Å². The first kappa shape index (κ1) is 21.2. The van der Waals surface area contributed by atoms with Crippen LogP contribution in [0.2, 0.25) is 5.02 Å². The Hall–Kier alpha value is -2.09.